The van der Waals surface area contributed by atoms with Crippen molar-refractivity contribution in [1.29, 1.82) is 0 Å². The quantitative estimate of drug-likeness (QED) is 0.106. The lowest BCUT2D eigenvalue weighted by Crippen LogP contribution is -2.30. The van der Waals surface area contributed by atoms with Crippen LogP contribution >= 0.6 is 0 Å². The fourth-order valence-electron chi connectivity index (χ4n) is 5.70. The molecule has 0 aliphatic carbocycles. The number of fused-ring (bicyclic) bond motifs is 2. The number of alkyl halides is 1. The number of hydrogen-bond acceptors (Lipinski definition) is 8. The minimum Gasteiger partial charge on any atom is -0.385 e. The molecule has 0 aliphatic heterocycles. The standard InChI is InChI=1S/C35H39FN8O5/c1-22(36)19-40-34(48)31-20-39-32-28(37-2)18-27(41-44(31)32)24-10-12-25(13-11-24)33(47)38-15-5-4-7-23-9-14-29-30(17-23)42(3)35(49)43(29)26(21-46)8-6-16-45/h9-14,16-18,20-22,26,37H,4-8,15,19H2,1-3H3,(H,38,47)(H,40,48). The highest BCUT2D eigenvalue weighted by molar-refractivity contribution is 5.95. The Morgan fingerprint density at radius 3 is 2.47 bits per heavy atom. The molecule has 256 valence electrons. The molecule has 2 aromatic carbocycles. The van der Waals surface area contributed by atoms with Crippen LogP contribution in [0, 0.1) is 0 Å². The first kappa shape index (κ1) is 34.7. The largest absolute Gasteiger partial charge is 0.385 e. The normalized spacial score (nSPS) is 12.5. The van der Waals surface area contributed by atoms with Gasteiger partial charge in [0.15, 0.2) is 11.3 Å². The lowest BCUT2D eigenvalue weighted by atomic mass is 10.1. The molecule has 13 nitrogen and oxygen atoms in total. The van der Waals surface area contributed by atoms with Crippen molar-refractivity contribution in [3.05, 3.63) is 82.0 Å². The van der Waals surface area contributed by atoms with Crippen molar-refractivity contribution in [2.24, 2.45) is 7.05 Å². The first-order valence-electron chi connectivity index (χ1n) is 16.1. The Hall–Kier alpha value is -5.66. The predicted molar refractivity (Wildman–Crippen MR) is 184 cm³/mol. The summed E-state index contributed by atoms with van der Waals surface area (Å²) in [5.41, 5.74) is 5.11. The first-order chi connectivity index (χ1) is 23.7. The van der Waals surface area contributed by atoms with E-state index in [1.54, 1.807) is 44.4 Å². The molecule has 0 spiro atoms. The number of amides is 2. The van der Waals surface area contributed by atoms with Gasteiger partial charge in [0.1, 0.15) is 18.7 Å². The average molecular weight is 671 g/mol. The molecule has 3 N–H and O–H groups in total. The Labute approximate surface area is 281 Å². The van der Waals surface area contributed by atoms with Crippen LogP contribution in [-0.2, 0) is 23.1 Å². The molecule has 2 atom stereocenters. The summed E-state index contributed by atoms with van der Waals surface area (Å²) in [5, 5.41) is 13.2. The number of nitrogens with zero attached hydrogens (tertiary/aromatic N) is 5. The third kappa shape index (κ3) is 7.58. The Morgan fingerprint density at radius 2 is 1.78 bits per heavy atom. The van der Waals surface area contributed by atoms with Gasteiger partial charge in [-0.3, -0.25) is 18.7 Å². The van der Waals surface area contributed by atoms with E-state index in [2.05, 4.69) is 26.0 Å². The van der Waals surface area contributed by atoms with Gasteiger partial charge in [-0.05, 0) is 68.5 Å². The molecule has 2 amide bonds. The number of aromatic nitrogens is 5. The van der Waals surface area contributed by atoms with Crippen LogP contribution in [-0.4, -0.2) is 74.4 Å². The summed E-state index contributed by atoms with van der Waals surface area (Å²) in [4.78, 5) is 65.2. The van der Waals surface area contributed by atoms with Gasteiger partial charge in [0.2, 0.25) is 0 Å². The van der Waals surface area contributed by atoms with Gasteiger partial charge in [0.05, 0.1) is 34.7 Å². The highest BCUT2D eigenvalue weighted by atomic mass is 19.1. The molecule has 2 unspecified atom stereocenters. The van der Waals surface area contributed by atoms with Gasteiger partial charge >= 0.3 is 5.69 Å². The summed E-state index contributed by atoms with van der Waals surface area (Å²) in [6.45, 7) is 1.71. The van der Waals surface area contributed by atoms with E-state index in [-0.39, 0.29) is 36.7 Å². The van der Waals surface area contributed by atoms with Crippen molar-refractivity contribution in [3.8, 4) is 11.3 Å². The maximum absolute atomic E-state index is 13.3. The molecule has 5 rings (SSSR count). The molecule has 3 aromatic heterocycles. The van der Waals surface area contributed by atoms with Gasteiger partial charge in [-0.2, -0.15) is 5.10 Å². The van der Waals surface area contributed by atoms with E-state index >= 15 is 0 Å². The molecule has 0 saturated carbocycles. The molecule has 0 saturated heterocycles. The summed E-state index contributed by atoms with van der Waals surface area (Å²) < 4.78 is 17.7. The third-order valence-corrected chi connectivity index (χ3v) is 8.36. The molecule has 0 radical (unpaired) electrons. The van der Waals surface area contributed by atoms with Crippen LogP contribution in [0.15, 0.2) is 59.5 Å². The molecule has 14 heteroatoms. The number of anilines is 1. The smallest absolute Gasteiger partial charge is 0.329 e. The number of carbonyl (C=O) groups is 4. The van der Waals surface area contributed by atoms with E-state index < -0.39 is 18.1 Å². The zero-order valence-corrected chi connectivity index (χ0v) is 27.6. The van der Waals surface area contributed by atoms with Crippen molar-refractivity contribution in [1.82, 2.24) is 34.4 Å². The number of halogens is 1. The molecule has 0 bridgehead atoms. The van der Waals surface area contributed by atoms with Gasteiger partial charge in [-0.1, -0.05) is 18.2 Å². The molecule has 3 heterocycles. The van der Waals surface area contributed by atoms with Crippen LogP contribution in [0.4, 0.5) is 10.1 Å². The second kappa shape index (κ2) is 15.5. The second-order valence-electron chi connectivity index (χ2n) is 11.8. The van der Waals surface area contributed by atoms with Crippen molar-refractivity contribution >= 4 is 46.8 Å². The van der Waals surface area contributed by atoms with Crippen molar-refractivity contribution < 1.29 is 23.6 Å². The average Bonchev–Trinajstić information content (AvgIpc) is 3.65. The van der Waals surface area contributed by atoms with E-state index in [4.69, 9.17) is 0 Å². The SMILES string of the molecule is CNc1cc(-c2ccc(C(=O)NCCCCc3ccc4c(c3)n(C)c(=O)n4C(C=O)CCC=O)cc2)nn2c(C(=O)NCC(C)F)cnc12. The summed E-state index contributed by atoms with van der Waals surface area (Å²) in [5.74, 6) is -0.700. The number of carbonyl (C=O) groups excluding carboxylic acids is 4. The van der Waals surface area contributed by atoms with Crippen LogP contribution < -0.4 is 21.6 Å². The van der Waals surface area contributed by atoms with Crippen molar-refractivity contribution in [2.45, 2.75) is 51.2 Å². The van der Waals surface area contributed by atoms with Crippen molar-refractivity contribution in [2.75, 3.05) is 25.5 Å². The molecule has 0 fully saturated rings. The summed E-state index contributed by atoms with van der Waals surface area (Å²) >= 11 is 0. The lowest BCUT2D eigenvalue weighted by Gasteiger charge is -2.11. The van der Waals surface area contributed by atoms with Crippen LogP contribution in [0.1, 0.15) is 65.1 Å². The number of unbranched alkanes of at least 4 members (excludes halogenated alkanes) is 1. The highest BCUT2D eigenvalue weighted by Crippen LogP contribution is 2.25. The van der Waals surface area contributed by atoms with E-state index in [0.717, 1.165) is 36.7 Å². The number of nitrogens with one attached hydrogen (secondary N) is 3. The Kier molecular flexibility index (Phi) is 11.0. The van der Waals surface area contributed by atoms with Crippen LogP contribution in [0.25, 0.3) is 27.9 Å². The highest BCUT2D eigenvalue weighted by Gasteiger charge is 2.20. The fraction of sp³-hybridized carbons (Fsp3) is 0.343. The predicted octanol–water partition coefficient (Wildman–Crippen LogP) is 3.65. The minimum atomic E-state index is -1.19. The van der Waals surface area contributed by atoms with Crippen molar-refractivity contribution in [3.63, 3.8) is 0 Å². The van der Waals surface area contributed by atoms with Gasteiger partial charge in [0, 0.05) is 44.7 Å². The van der Waals surface area contributed by atoms with Gasteiger partial charge < -0.3 is 25.5 Å². The van der Waals surface area contributed by atoms with Gasteiger partial charge in [-0.25, -0.2) is 18.7 Å². The molecular formula is C35H39FN8O5. The lowest BCUT2D eigenvalue weighted by molar-refractivity contribution is -0.111. The summed E-state index contributed by atoms with van der Waals surface area (Å²) in [6.07, 6.45) is 4.39. The topological polar surface area (TPSA) is 161 Å². The number of aldehydes is 2. The van der Waals surface area contributed by atoms with Crippen LogP contribution in [0.2, 0.25) is 0 Å². The Bertz CT molecular complexity index is 2050. The molecular weight excluding hydrogens is 631 g/mol. The van der Waals surface area contributed by atoms with E-state index in [1.807, 2.05) is 18.2 Å². The first-order valence-corrected chi connectivity index (χ1v) is 16.1. The third-order valence-electron chi connectivity index (χ3n) is 8.36. The summed E-state index contributed by atoms with van der Waals surface area (Å²) in [6, 6.07) is 13.8. The monoisotopic (exact) mass is 670 g/mol. The number of imidazole rings is 2. The fourth-order valence-corrected chi connectivity index (χ4v) is 5.70. The maximum atomic E-state index is 13.3. The zero-order valence-electron chi connectivity index (χ0n) is 27.6. The number of rotatable bonds is 16. The molecule has 5 aromatic rings. The van der Waals surface area contributed by atoms with E-state index in [1.165, 1.54) is 26.8 Å². The van der Waals surface area contributed by atoms with Crippen LogP contribution in [0.5, 0.6) is 0 Å². The van der Waals surface area contributed by atoms with Crippen LogP contribution in [0.3, 0.4) is 0 Å². The van der Waals surface area contributed by atoms with Gasteiger partial charge in [-0.15, -0.1) is 0 Å². The maximum Gasteiger partial charge on any atom is 0.329 e. The molecule has 49 heavy (non-hydrogen) atoms. The number of benzene rings is 2. The van der Waals surface area contributed by atoms with E-state index in [0.29, 0.717) is 46.5 Å². The number of hydrogen-bond donors (Lipinski definition) is 3. The van der Waals surface area contributed by atoms with E-state index in [9.17, 15) is 28.4 Å². The Morgan fingerprint density at radius 1 is 1.00 bits per heavy atom. The Balaban J connectivity index is 1.18. The molecule has 0 aliphatic rings. The van der Waals surface area contributed by atoms with Gasteiger partial charge in [0.25, 0.3) is 11.8 Å². The number of aryl methyl sites for hydroxylation is 2. The second-order valence-corrected chi connectivity index (χ2v) is 11.8. The summed E-state index contributed by atoms with van der Waals surface area (Å²) in [7, 11) is 3.40. The minimum absolute atomic E-state index is 0.126. The zero-order chi connectivity index (χ0) is 35.1.